The molecule has 3 rings (SSSR count). The highest BCUT2D eigenvalue weighted by Gasteiger charge is 2.22. The molecule has 2 aliphatic rings. The van der Waals surface area contributed by atoms with Crippen LogP contribution >= 0.6 is 11.3 Å². The second kappa shape index (κ2) is 10.4. The largest absolute Gasteiger partial charge is 0.393 e. The van der Waals surface area contributed by atoms with Gasteiger partial charge in [0.25, 0.3) is 0 Å². The Bertz CT molecular complexity index is 589. The van der Waals surface area contributed by atoms with Gasteiger partial charge in [-0.1, -0.05) is 6.92 Å². The number of aliphatic hydroxyl groups excluding tert-OH is 1. The average Bonchev–Trinajstić information content (AvgIpc) is 3.15. The predicted molar refractivity (Wildman–Crippen MR) is 112 cm³/mol. The first kappa shape index (κ1) is 20.6. The maximum absolute atomic E-state index is 9.72. The van der Waals surface area contributed by atoms with Crippen molar-refractivity contribution in [2.45, 2.75) is 58.6 Å². The number of nitrogens with one attached hydrogen (secondary N) is 1. The SMILES string of the molecule is CCNC(=NCC1CCN(Cc2csc(CC)n2)CC1)N1CCC(O)CC1. The first-order valence-electron chi connectivity index (χ1n) is 10.5. The molecule has 0 aromatic carbocycles. The molecule has 0 saturated carbocycles. The molecule has 1 aromatic heterocycles. The molecule has 0 amide bonds. The molecular formula is C20H35N5OS. The predicted octanol–water partition coefficient (Wildman–Crippen LogP) is 2.34. The summed E-state index contributed by atoms with van der Waals surface area (Å²) < 4.78 is 0. The fourth-order valence-corrected chi connectivity index (χ4v) is 4.60. The fraction of sp³-hybridized carbons (Fsp3) is 0.800. The number of hydrogen-bond acceptors (Lipinski definition) is 5. The third-order valence-electron chi connectivity index (χ3n) is 5.59. The zero-order valence-corrected chi connectivity index (χ0v) is 17.7. The lowest BCUT2D eigenvalue weighted by molar-refractivity contribution is 0.108. The highest BCUT2D eigenvalue weighted by Crippen LogP contribution is 2.20. The number of aromatic nitrogens is 1. The summed E-state index contributed by atoms with van der Waals surface area (Å²) in [5.74, 6) is 1.70. The summed E-state index contributed by atoms with van der Waals surface area (Å²) in [6, 6.07) is 0. The van der Waals surface area contributed by atoms with Crippen LogP contribution in [0, 0.1) is 5.92 Å². The molecule has 152 valence electrons. The molecule has 0 bridgehead atoms. The van der Waals surface area contributed by atoms with Crippen LogP contribution in [0.1, 0.15) is 50.2 Å². The Kier molecular flexibility index (Phi) is 7.91. The third-order valence-corrected chi connectivity index (χ3v) is 6.63. The van der Waals surface area contributed by atoms with Crippen LogP contribution in [-0.2, 0) is 13.0 Å². The van der Waals surface area contributed by atoms with E-state index in [1.165, 1.54) is 23.5 Å². The smallest absolute Gasteiger partial charge is 0.193 e. The second-order valence-electron chi connectivity index (χ2n) is 7.72. The normalized spacial score (nSPS) is 21.0. The van der Waals surface area contributed by atoms with E-state index < -0.39 is 0 Å². The van der Waals surface area contributed by atoms with E-state index in [9.17, 15) is 5.11 Å². The molecule has 2 N–H and O–H groups in total. The van der Waals surface area contributed by atoms with Gasteiger partial charge in [0.1, 0.15) is 0 Å². The third kappa shape index (κ3) is 6.16. The Morgan fingerprint density at radius 3 is 2.59 bits per heavy atom. The standard InChI is InChI=1S/C20H35N5OS/c1-3-19-23-17(15-27-19)14-24-9-5-16(6-10-24)13-22-20(21-4-2)25-11-7-18(26)8-12-25/h15-16,18,26H,3-14H2,1-2H3,(H,21,22). The summed E-state index contributed by atoms with van der Waals surface area (Å²) in [4.78, 5) is 14.5. The van der Waals surface area contributed by atoms with Crippen LogP contribution in [0.15, 0.2) is 10.4 Å². The molecule has 2 aliphatic heterocycles. The minimum atomic E-state index is -0.139. The number of rotatable bonds is 6. The quantitative estimate of drug-likeness (QED) is 0.574. The summed E-state index contributed by atoms with van der Waals surface area (Å²) >= 11 is 1.79. The highest BCUT2D eigenvalue weighted by molar-refractivity contribution is 7.09. The topological polar surface area (TPSA) is 64.0 Å². The Morgan fingerprint density at radius 1 is 1.22 bits per heavy atom. The number of likely N-dealkylation sites (tertiary alicyclic amines) is 2. The zero-order chi connectivity index (χ0) is 19.1. The summed E-state index contributed by atoms with van der Waals surface area (Å²) in [5.41, 5.74) is 1.23. The zero-order valence-electron chi connectivity index (χ0n) is 16.9. The Balaban J connectivity index is 1.44. The molecule has 27 heavy (non-hydrogen) atoms. The van der Waals surface area contributed by atoms with Crippen LogP contribution in [-0.4, -0.2) is 71.2 Å². The Morgan fingerprint density at radius 2 is 1.96 bits per heavy atom. The second-order valence-corrected chi connectivity index (χ2v) is 8.66. The lowest BCUT2D eigenvalue weighted by Gasteiger charge is -2.33. The molecule has 0 atom stereocenters. The summed E-state index contributed by atoms with van der Waals surface area (Å²) in [7, 11) is 0. The minimum Gasteiger partial charge on any atom is -0.393 e. The summed E-state index contributed by atoms with van der Waals surface area (Å²) in [6.07, 6.45) is 5.02. The van der Waals surface area contributed by atoms with E-state index in [0.29, 0.717) is 5.92 Å². The lowest BCUT2D eigenvalue weighted by atomic mass is 9.97. The molecule has 3 heterocycles. The average molecular weight is 394 g/mol. The monoisotopic (exact) mass is 393 g/mol. The number of nitrogens with zero attached hydrogens (tertiary/aromatic N) is 4. The number of aliphatic imine (C=N–C) groups is 1. The fourth-order valence-electron chi connectivity index (χ4n) is 3.86. The number of guanidine groups is 1. The van der Waals surface area contributed by atoms with Crippen molar-refractivity contribution in [1.82, 2.24) is 20.1 Å². The van der Waals surface area contributed by atoms with Crippen LogP contribution in [0.5, 0.6) is 0 Å². The molecule has 2 saturated heterocycles. The van der Waals surface area contributed by atoms with E-state index >= 15 is 0 Å². The molecule has 0 spiro atoms. The van der Waals surface area contributed by atoms with E-state index in [0.717, 1.165) is 71.0 Å². The van der Waals surface area contributed by atoms with E-state index in [1.54, 1.807) is 11.3 Å². The number of aryl methyl sites for hydroxylation is 1. The van der Waals surface area contributed by atoms with Crippen molar-refractivity contribution in [1.29, 1.82) is 0 Å². The number of thiazole rings is 1. The van der Waals surface area contributed by atoms with Crippen LogP contribution in [0.4, 0.5) is 0 Å². The highest BCUT2D eigenvalue weighted by atomic mass is 32.1. The van der Waals surface area contributed by atoms with Crippen molar-refractivity contribution >= 4 is 17.3 Å². The van der Waals surface area contributed by atoms with Gasteiger partial charge in [-0.25, -0.2) is 4.98 Å². The molecule has 1 aromatic rings. The summed E-state index contributed by atoms with van der Waals surface area (Å²) in [5, 5.41) is 16.6. The molecule has 2 fully saturated rings. The van der Waals surface area contributed by atoms with Crippen molar-refractivity contribution in [2.75, 3.05) is 39.3 Å². The van der Waals surface area contributed by atoms with Gasteiger partial charge in [0, 0.05) is 38.1 Å². The molecule has 6 nitrogen and oxygen atoms in total. The van der Waals surface area contributed by atoms with Crippen LogP contribution in [0.2, 0.25) is 0 Å². The maximum Gasteiger partial charge on any atom is 0.193 e. The van der Waals surface area contributed by atoms with E-state index in [2.05, 4.69) is 34.3 Å². The molecule has 0 aliphatic carbocycles. The van der Waals surface area contributed by atoms with Crippen molar-refractivity contribution in [3.63, 3.8) is 0 Å². The van der Waals surface area contributed by atoms with Gasteiger partial charge >= 0.3 is 0 Å². The molecule has 7 heteroatoms. The van der Waals surface area contributed by atoms with Crippen LogP contribution < -0.4 is 5.32 Å². The van der Waals surface area contributed by atoms with Crippen LogP contribution in [0.25, 0.3) is 0 Å². The van der Waals surface area contributed by atoms with Gasteiger partial charge in [0.2, 0.25) is 0 Å². The van der Waals surface area contributed by atoms with Gasteiger partial charge in [-0.15, -0.1) is 11.3 Å². The van der Waals surface area contributed by atoms with E-state index in [4.69, 9.17) is 9.98 Å². The first-order valence-corrected chi connectivity index (χ1v) is 11.4. The van der Waals surface area contributed by atoms with Crippen LogP contribution in [0.3, 0.4) is 0 Å². The van der Waals surface area contributed by atoms with Gasteiger partial charge in [0.05, 0.1) is 16.8 Å². The molecular weight excluding hydrogens is 358 g/mol. The minimum absolute atomic E-state index is 0.139. The van der Waals surface area contributed by atoms with Crippen molar-refractivity contribution in [3.8, 4) is 0 Å². The van der Waals surface area contributed by atoms with E-state index in [1.807, 2.05) is 0 Å². The Hall–Kier alpha value is -1.18. The van der Waals surface area contributed by atoms with Crippen molar-refractivity contribution in [2.24, 2.45) is 10.9 Å². The van der Waals surface area contributed by atoms with Gasteiger partial charge in [-0.3, -0.25) is 9.89 Å². The maximum atomic E-state index is 9.72. The summed E-state index contributed by atoms with van der Waals surface area (Å²) in [6.45, 7) is 11.2. The number of piperidine rings is 2. The lowest BCUT2D eigenvalue weighted by Crippen LogP contribution is -2.47. The van der Waals surface area contributed by atoms with Gasteiger partial charge in [0.15, 0.2) is 5.96 Å². The van der Waals surface area contributed by atoms with E-state index in [-0.39, 0.29) is 6.10 Å². The van der Waals surface area contributed by atoms with Gasteiger partial charge in [-0.05, 0) is 58.0 Å². The van der Waals surface area contributed by atoms with Gasteiger partial charge in [-0.2, -0.15) is 0 Å². The first-order chi connectivity index (χ1) is 13.2. The number of hydrogen-bond donors (Lipinski definition) is 2. The Labute approximate surface area is 167 Å². The van der Waals surface area contributed by atoms with Crippen molar-refractivity contribution < 1.29 is 5.11 Å². The molecule has 0 radical (unpaired) electrons. The molecule has 0 unspecified atom stereocenters. The number of aliphatic hydroxyl groups is 1. The van der Waals surface area contributed by atoms with Gasteiger partial charge < -0.3 is 15.3 Å². The van der Waals surface area contributed by atoms with Crippen molar-refractivity contribution in [3.05, 3.63) is 16.1 Å².